The van der Waals surface area contributed by atoms with Gasteiger partial charge in [0.15, 0.2) is 5.16 Å². The highest BCUT2D eigenvalue weighted by molar-refractivity contribution is 7.99. The van der Waals surface area contributed by atoms with E-state index in [1.807, 2.05) is 54.6 Å². The molecule has 0 spiro atoms. The average Bonchev–Trinajstić information content (AvgIpc) is 3.16. The van der Waals surface area contributed by atoms with Gasteiger partial charge in [-0.15, -0.1) is 0 Å². The quantitative estimate of drug-likeness (QED) is 0.464. The molecular formula is C23H20N4O2S. The first-order valence-electron chi connectivity index (χ1n) is 9.43. The summed E-state index contributed by atoms with van der Waals surface area (Å²) in [6.45, 7) is 0. The van der Waals surface area contributed by atoms with Crippen LogP contribution in [0.25, 0.3) is 16.7 Å². The summed E-state index contributed by atoms with van der Waals surface area (Å²) in [5.41, 5.74) is 4.07. The van der Waals surface area contributed by atoms with Crippen molar-refractivity contribution in [3.8, 4) is 5.69 Å². The maximum atomic E-state index is 12.5. The van der Waals surface area contributed by atoms with Crippen LogP contribution in [0, 0.1) is 0 Å². The lowest BCUT2D eigenvalue weighted by Gasteiger charge is -2.09. The molecule has 0 aliphatic rings. The van der Waals surface area contributed by atoms with E-state index in [1.54, 1.807) is 31.3 Å². The number of hydrogen-bond acceptors (Lipinski definition) is 4. The maximum absolute atomic E-state index is 12.5. The first-order valence-corrected chi connectivity index (χ1v) is 10.4. The van der Waals surface area contributed by atoms with E-state index < -0.39 is 0 Å². The number of para-hydroxylation sites is 3. The molecule has 0 aliphatic carbocycles. The van der Waals surface area contributed by atoms with Crippen molar-refractivity contribution in [1.82, 2.24) is 14.9 Å². The number of aromatic nitrogens is 2. The van der Waals surface area contributed by atoms with Crippen LogP contribution in [-0.4, -0.2) is 34.2 Å². The number of carbonyl (C=O) groups excluding carboxylic acids is 2. The summed E-state index contributed by atoms with van der Waals surface area (Å²) in [5.74, 6) is -0.0875. The molecule has 0 saturated carbocycles. The van der Waals surface area contributed by atoms with Gasteiger partial charge >= 0.3 is 0 Å². The number of amides is 2. The Bertz CT molecular complexity index is 1190. The minimum Gasteiger partial charge on any atom is -0.355 e. The number of anilines is 1. The van der Waals surface area contributed by atoms with E-state index in [2.05, 4.69) is 15.2 Å². The fourth-order valence-electron chi connectivity index (χ4n) is 3.10. The molecular weight excluding hydrogens is 396 g/mol. The molecule has 6 nitrogen and oxygen atoms in total. The number of benzene rings is 3. The van der Waals surface area contributed by atoms with Crippen molar-refractivity contribution in [3.05, 3.63) is 84.4 Å². The second-order valence-corrected chi connectivity index (χ2v) is 7.49. The van der Waals surface area contributed by atoms with E-state index in [1.165, 1.54) is 11.8 Å². The summed E-state index contributed by atoms with van der Waals surface area (Å²) >= 11 is 1.38. The predicted molar refractivity (Wildman–Crippen MR) is 120 cm³/mol. The molecule has 1 aromatic heterocycles. The van der Waals surface area contributed by atoms with Gasteiger partial charge in [0.2, 0.25) is 5.91 Å². The fourth-order valence-corrected chi connectivity index (χ4v) is 3.93. The van der Waals surface area contributed by atoms with Crippen molar-refractivity contribution < 1.29 is 9.59 Å². The number of hydrogen-bond donors (Lipinski definition) is 2. The Hall–Kier alpha value is -3.58. The topological polar surface area (TPSA) is 76.0 Å². The van der Waals surface area contributed by atoms with Crippen LogP contribution in [0.5, 0.6) is 0 Å². The summed E-state index contributed by atoms with van der Waals surface area (Å²) in [7, 11) is 1.58. The van der Waals surface area contributed by atoms with Crippen molar-refractivity contribution in [2.75, 3.05) is 18.1 Å². The maximum Gasteiger partial charge on any atom is 0.251 e. The number of imidazole rings is 1. The van der Waals surface area contributed by atoms with E-state index in [0.29, 0.717) is 11.3 Å². The van der Waals surface area contributed by atoms with Gasteiger partial charge in [0.1, 0.15) is 0 Å². The number of rotatable bonds is 6. The Kier molecular flexibility index (Phi) is 5.81. The summed E-state index contributed by atoms with van der Waals surface area (Å²) in [4.78, 5) is 28.8. The van der Waals surface area contributed by atoms with Gasteiger partial charge in [-0.1, -0.05) is 42.1 Å². The van der Waals surface area contributed by atoms with Crippen LogP contribution in [0.3, 0.4) is 0 Å². The van der Waals surface area contributed by atoms with Crippen LogP contribution in [-0.2, 0) is 4.79 Å². The van der Waals surface area contributed by atoms with Crippen molar-refractivity contribution in [3.63, 3.8) is 0 Å². The zero-order valence-electron chi connectivity index (χ0n) is 16.3. The lowest BCUT2D eigenvalue weighted by atomic mass is 10.2. The highest BCUT2D eigenvalue weighted by Gasteiger charge is 2.14. The molecule has 2 amide bonds. The molecule has 2 N–H and O–H groups in total. The van der Waals surface area contributed by atoms with E-state index in [4.69, 9.17) is 4.98 Å². The summed E-state index contributed by atoms with van der Waals surface area (Å²) < 4.78 is 2.06. The fraction of sp³-hybridized carbons (Fsp3) is 0.0870. The standard InChI is InChI=1S/C23H20N4O2S/c1-24-22(29)16-11-13-17(14-12-16)25-21(28)15-30-23-26-19-9-5-6-10-20(19)27(23)18-7-3-2-4-8-18/h2-14H,15H2,1H3,(H,24,29)(H,25,28). The second-order valence-electron chi connectivity index (χ2n) is 6.55. The largest absolute Gasteiger partial charge is 0.355 e. The molecule has 0 bridgehead atoms. The molecule has 0 fully saturated rings. The van der Waals surface area contributed by atoms with Crippen LogP contribution in [0.4, 0.5) is 5.69 Å². The molecule has 4 rings (SSSR count). The molecule has 3 aromatic carbocycles. The van der Waals surface area contributed by atoms with Gasteiger partial charge in [0.05, 0.1) is 16.8 Å². The minimum absolute atomic E-state index is 0.139. The zero-order valence-corrected chi connectivity index (χ0v) is 17.1. The summed E-state index contributed by atoms with van der Waals surface area (Å²) in [5, 5.41) is 6.19. The van der Waals surface area contributed by atoms with Gasteiger partial charge in [-0.25, -0.2) is 4.98 Å². The lowest BCUT2D eigenvalue weighted by molar-refractivity contribution is -0.113. The third-order valence-electron chi connectivity index (χ3n) is 4.53. The number of nitrogens with one attached hydrogen (secondary N) is 2. The summed E-state index contributed by atoms with van der Waals surface area (Å²) in [6.07, 6.45) is 0. The molecule has 0 radical (unpaired) electrons. The van der Waals surface area contributed by atoms with E-state index in [-0.39, 0.29) is 17.6 Å². The van der Waals surface area contributed by atoms with Gasteiger partial charge in [0.25, 0.3) is 5.91 Å². The van der Waals surface area contributed by atoms with Crippen LogP contribution in [0.1, 0.15) is 10.4 Å². The monoisotopic (exact) mass is 416 g/mol. The molecule has 4 aromatic rings. The van der Waals surface area contributed by atoms with Crippen LogP contribution in [0.2, 0.25) is 0 Å². The smallest absolute Gasteiger partial charge is 0.251 e. The van der Waals surface area contributed by atoms with E-state index in [9.17, 15) is 9.59 Å². The van der Waals surface area contributed by atoms with E-state index in [0.717, 1.165) is 21.9 Å². The molecule has 0 aliphatic heterocycles. The molecule has 0 atom stereocenters. The predicted octanol–water partition coefficient (Wildman–Crippen LogP) is 4.12. The number of nitrogens with zero attached hydrogens (tertiary/aromatic N) is 2. The van der Waals surface area contributed by atoms with Crippen LogP contribution >= 0.6 is 11.8 Å². The van der Waals surface area contributed by atoms with Crippen molar-refractivity contribution >= 4 is 40.3 Å². The van der Waals surface area contributed by atoms with Gasteiger partial charge < -0.3 is 10.6 Å². The Morgan fingerprint density at radius 1 is 0.933 bits per heavy atom. The normalized spacial score (nSPS) is 10.7. The number of carbonyl (C=O) groups is 2. The van der Waals surface area contributed by atoms with Crippen molar-refractivity contribution in [2.24, 2.45) is 0 Å². The number of fused-ring (bicyclic) bond motifs is 1. The van der Waals surface area contributed by atoms with Gasteiger partial charge in [0, 0.05) is 24.0 Å². The molecule has 30 heavy (non-hydrogen) atoms. The summed E-state index contributed by atoms with van der Waals surface area (Å²) in [6, 6.07) is 24.7. The Morgan fingerprint density at radius 3 is 2.37 bits per heavy atom. The van der Waals surface area contributed by atoms with Gasteiger partial charge in [-0.05, 0) is 48.5 Å². The van der Waals surface area contributed by atoms with Gasteiger partial charge in [-0.2, -0.15) is 0 Å². The Balaban J connectivity index is 1.50. The van der Waals surface area contributed by atoms with Crippen molar-refractivity contribution in [2.45, 2.75) is 5.16 Å². The van der Waals surface area contributed by atoms with Crippen LogP contribution < -0.4 is 10.6 Å². The Labute approximate surface area is 178 Å². The van der Waals surface area contributed by atoms with E-state index >= 15 is 0 Å². The lowest BCUT2D eigenvalue weighted by Crippen LogP contribution is -2.18. The molecule has 1 heterocycles. The number of thioether (sulfide) groups is 1. The average molecular weight is 417 g/mol. The first-order chi connectivity index (χ1) is 14.7. The highest BCUT2D eigenvalue weighted by atomic mass is 32.2. The minimum atomic E-state index is -0.164. The molecule has 150 valence electrons. The third-order valence-corrected chi connectivity index (χ3v) is 5.47. The highest BCUT2D eigenvalue weighted by Crippen LogP contribution is 2.28. The molecule has 0 unspecified atom stereocenters. The molecule has 0 saturated heterocycles. The molecule has 7 heteroatoms. The van der Waals surface area contributed by atoms with Crippen molar-refractivity contribution in [1.29, 1.82) is 0 Å². The third kappa shape index (κ3) is 4.21. The van der Waals surface area contributed by atoms with Crippen LogP contribution in [0.15, 0.2) is 84.0 Å². The zero-order chi connectivity index (χ0) is 20.9. The first kappa shape index (κ1) is 19.7. The van der Waals surface area contributed by atoms with Gasteiger partial charge in [-0.3, -0.25) is 14.2 Å². The Morgan fingerprint density at radius 2 is 1.63 bits per heavy atom. The SMILES string of the molecule is CNC(=O)c1ccc(NC(=O)CSc2nc3ccccc3n2-c2ccccc2)cc1. The second kappa shape index (κ2) is 8.84.